The van der Waals surface area contributed by atoms with E-state index in [-0.39, 0.29) is 5.91 Å². The highest BCUT2D eigenvalue weighted by Gasteiger charge is 2.25. The van der Waals surface area contributed by atoms with Crippen LogP contribution in [-0.2, 0) is 4.79 Å². The summed E-state index contributed by atoms with van der Waals surface area (Å²) in [6, 6.07) is 17.2. The standard InChI is InChI=1S/C18H19N5OS/c1-12-8-10-15(11-9-12)20-17(24)16(14-6-4-3-5-7-14)25-18-22-21-13(2)23(18)19/h3-11,16H,19H2,1-2H3,(H,20,24)/t16-/m1/s1. The number of nitrogens with two attached hydrogens (primary N) is 1. The number of anilines is 1. The number of carbonyl (C=O) groups excluding carboxylic acids is 1. The van der Waals surface area contributed by atoms with E-state index >= 15 is 0 Å². The van der Waals surface area contributed by atoms with Crippen LogP contribution in [0.3, 0.4) is 0 Å². The van der Waals surface area contributed by atoms with Crippen molar-refractivity contribution in [3.05, 3.63) is 71.5 Å². The van der Waals surface area contributed by atoms with Crippen molar-refractivity contribution >= 4 is 23.4 Å². The van der Waals surface area contributed by atoms with Crippen LogP contribution < -0.4 is 11.2 Å². The van der Waals surface area contributed by atoms with Gasteiger partial charge in [-0.05, 0) is 31.5 Å². The zero-order valence-corrected chi connectivity index (χ0v) is 14.8. The van der Waals surface area contributed by atoms with Crippen molar-refractivity contribution in [1.82, 2.24) is 14.9 Å². The van der Waals surface area contributed by atoms with Gasteiger partial charge in [0.15, 0.2) is 0 Å². The summed E-state index contributed by atoms with van der Waals surface area (Å²) in [5, 5.41) is 11.0. The molecule has 1 aromatic heterocycles. The molecule has 0 aliphatic rings. The van der Waals surface area contributed by atoms with Crippen LogP contribution in [0, 0.1) is 13.8 Å². The van der Waals surface area contributed by atoms with Crippen LogP contribution in [0.15, 0.2) is 59.8 Å². The number of nitrogens with one attached hydrogen (secondary N) is 1. The second-order valence-electron chi connectivity index (χ2n) is 5.66. The number of aryl methyl sites for hydroxylation is 2. The van der Waals surface area contributed by atoms with Crippen LogP contribution in [-0.4, -0.2) is 20.8 Å². The molecule has 0 bridgehead atoms. The van der Waals surface area contributed by atoms with Crippen LogP contribution in [0.4, 0.5) is 5.69 Å². The molecule has 3 N–H and O–H groups in total. The van der Waals surface area contributed by atoms with Crippen LogP contribution in [0.2, 0.25) is 0 Å². The van der Waals surface area contributed by atoms with Crippen LogP contribution in [0.5, 0.6) is 0 Å². The minimum absolute atomic E-state index is 0.138. The first-order chi connectivity index (χ1) is 12.0. The largest absolute Gasteiger partial charge is 0.336 e. The van der Waals surface area contributed by atoms with Crippen molar-refractivity contribution in [1.29, 1.82) is 0 Å². The van der Waals surface area contributed by atoms with E-state index < -0.39 is 5.25 Å². The van der Waals surface area contributed by atoms with Gasteiger partial charge in [0.25, 0.3) is 0 Å². The number of hydrogen-bond donors (Lipinski definition) is 2. The molecule has 2 aromatic carbocycles. The number of carbonyl (C=O) groups is 1. The first kappa shape index (κ1) is 17.0. The molecule has 3 rings (SSSR count). The normalized spacial score (nSPS) is 11.9. The third kappa shape index (κ3) is 4.00. The molecule has 7 heteroatoms. The average molecular weight is 353 g/mol. The quantitative estimate of drug-likeness (QED) is 0.544. The summed E-state index contributed by atoms with van der Waals surface area (Å²) in [7, 11) is 0. The van der Waals surface area contributed by atoms with Crippen molar-refractivity contribution in [2.75, 3.05) is 11.2 Å². The van der Waals surface area contributed by atoms with E-state index in [9.17, 15) is 4.79 Å². The zero-order chi connectivity index (χ0) is 17.8. The lowest BCUT2D eigenvalue weighted by atomic mass is 10.1. The Morgan fingerprint density at radius 2 is 1.76 bits per heavy atom. The molecule has 0 radical (unpaired) electrons. The fourth-order valence-electron chi connectivity index (χ4n) is 2.28. The molecule has 6 nitrogen and oxygen atoms in total. The van der Waals surface area contributed by atoms with Gasteiger partial charge in [0, 0.05) is 5.69 Å². The molecule has 0 saturated carbocycles. The van der Waals surface area contributed by atoms with Crippen molar-refractivity contribution in [3.8, 4) is 0 Å². The lowest BCUT2D eigenvalue weighted by molar-refractivity contribution is -0.115. The second-order valence-corrected chi connectivity index (χ2v) is 6.74. The maximum absolute atomic E-state index is 12.9. The minimum atomic E-state index is -0.492. The number of benzene rings is 2. The van der Waals surface area contributed by atoms with Gasteiger partial charge in [-0.2, -0.15) is 0 Å². The Morgan fingerprint density at radius 3 is 2.36 bits per heavy atom. The Kier molecular flexibility index (Phi) is 5.04. The van der Waals surface area contributed by atoms with E-state index in [2.05, 4.69) is 15.5 Å². The summed E-state index contributed by atoms with van der Waals surface area (Å²) in [5.74, 6) is 6.39. The van der Waals surface area contributed by atoms with Crippen molar-refractivity contribution in [2.45, 2.75) is 24.3 Å². The van der Waals surface area contributed by atoms with Gasteiger partial charge >= 0.3 is 0 Å². The molecule has 1 heterocycles. The maximum Gasteiger partial charge on any atom is 0.242 e. The summed E-state index contributed by atoms with van der Waals surface area (Å²) in [6.45, 7) is 3.77. The molecule has 0 saturated heterocycles. The number of nitrogens with zero attached hydrogens (tertiary/aromatic N) is 3. The van der Waals surface area contributed by atoms with E-state index in [0.29, 0.717) is 11.0 Å². The summed E-state index contributed by atoms with van der Waals surface area (Å²) < 4.78 is 1.39. The average Bonchev–Trinajstić information content (AvgIpc) is 2.94. The fraction of sp³-hybridized carbons (Fsp3) is 0.167. The second kappa shape index (κ2) is 7.40. The third-order valence-corrected chi connectivity index (χ3v) is 4.93. The molecule has 0 aliphatic heterocycles. The van der Waals surface area contributed by atoms with Crippen LogP contribution in [0.25, 0.3) is 0 Å². The Labute approximate surface area is 150 Å². The number of aromatic nitrogens is 3. The van der Waals surface area contributed by atoms with Crippen LogP contribution in [0.1, 0.15) is 22.2 Å². The molecular formula is C18H19N5OS. The number of thioether (sulfide) groups is 1. The Hall–Kier alpha value is -2.80. The Bertz CT molecular complexity index is 861. The predicted octanol–water partition coefficient (Wildman–Crippen LogP) is 3.08. The number of hydrogen-bond acceptors (Lipinski definition) is 5. The van der Waals surface area contributed by atoms with Crippen molar-refractivity contribution in [2.24, 2.45) is 0 Å². The smallest absolute Gasteiger partial charge is 0.242 e. The number of amides is 1. The van der Waals surface area contributed by atoms with Crippen molar-refractivity contribution in [3.63, 3.8) is 0 Å². The fourth-order valence-corrected chi connectivity index (χ4v) is 3.28. The molecule has 128 valence electrons. The van der Waals surface area contributed by atoms with Crippen LogP contribution >= 0.6 is 11.8 Å². The highest BCUT2D eigenvalue weighted by molar-refractivity contribution is 8.00. The molecule has 0 aliphatic carbocycles. The molecular weight excluding hydrogens is 334 g/mol. The summed E-state index contributed by atoms with van der Waals surface area (Å²) in [5.41, 5.74) is 2.76. The first-order valence-corrected chi connectivity index (χ1v) is 8.69. The molecule has 1 amide bonds. The first-order valence-electron chi connectivity index (χ1n) is 7.81. The molecule has 1 atom stereocenters. The van der Waals surface area contributed by atoms with Gasteiger partial charge in [0.2, 0.25) is 11.1 Å². The SMILES string of the molecule is Cc1ccc(NC(=O)[C@H](Sc2nnc(C)n2N)c2ccccc2)cc1. The van der Waals surface area contributed by atoms with Gasteiger partial charge < -0.3 is 11.2 Å². The monoisotopic (exact) mass is 353 g/mol. The zero-order valence-electron chi connectivity index (χ0n) is 14.0. The van der Waals surface area contributed by atoms with E-state index in [1.54, 1.807) is 6.92 Å². The van der Waals surface area contributed by atoms with E-state index in [1.165, 1.54) is 16.4 Å². The van der Waals surface area contributed by atoms with E-state index in [4.69, 9.17) is 5.84 Å². The van der Waals surface area contributed by atoms with Gasteiger partial charge in [0.1, 0.15) is 11.1 Å². The predicted molar refractivity (Wildman–Crippen MR) is 99.8 cm³/mol. The Morgan fingerprint density at radius 1 is 1.08 bits per heavy atom. The topological polar surface area (TPSA) is 85.8 Å². The highest BCUT2D eigenvalue weighted by Crippen LogP contribution is 2.35. The van der Waals surface area contributed by atoms with E-state index in [1.807, 2.05) is 61.5 Å². The number of nitrogen functional groups attached to an aromatic ring is 1. The van der Waals surface area contributed by atoms with Crippen molar-refractivity contribution < 1.29 is 4.79 Å². The minimum Gasteiger partial charge on any atom is -0.336 e. The summed E-state index contributed by atoms with van der Waals surface area (Å²) in [6.07, 6.45) is 0. The van der Waals surface area contributed by atoms with Gasteiger partial charge in [-0.3, -0.25) is 4.79 Å². The maximum atomic E-state index is 12.9. The molecule has 25 heavy (non-hydrogen) atoms. The van der Waals surface area contributed by atoms with E-state index in [0.717, 1.165) is 16.8 Å². The Balaban J connectivity index is 1.86. The van der Waals surface area contributed by atoms with Gasteiger partial charge in [0.05, 0.1) is 0 Å². The van der Waals surface area contributed by atoms with Gasteiger partial charge in [-0.15, -0.1) is 10.2 Å². The molecule has 0 unspecified atom stereocenters. The van der Waals surface area contributed by atoms with Gasteiger partial charge in [-0.1, -0.05) is 59.8 Å². The lowest BCUT2D eigenvalue weighted by Crippen LogP contribution is -2.20. The third-order valence-electron chi connectivity index (χ3n) is 3.72. The van der Waals surface area contributed by atoms with Gasteiger partial charge in [-0.25, -0.2) is 4.68 Å². The summed E-state index contributed by atoms with van der Waals surface area (Å²) in [4.78, 5) is 12.9. The molecule has 0 fully saturated rings. The lowest BCUT2D eigenvalue weighted by Gasteiger charge is -2.16. The molecule has 3 aromatic rings. The summed E-state index contributed by atoms with van der Waals surface area (Å²) >= 11 is 1.27. The highest BCUT2D eigenvalue weighted by atomic mass is 32.2. The number of rotatable bonds is 5. The molecule has 0 spiro atoms.